The number of carbonyl (C=O) groups is 1. The maximum atomic E-state index is 10.5. The third-order valence-electron chi connectivity index (χ3n) is 2.47. The highest BCUT2D eigenvalue weighted by molar-refractivity contribution is 5.75. The molecule has 0 saturated carbocycles. The molecule has 0 aliphatic carbocycles. The summed E-state index contributed by atoms with van der Waals surface area (Å²) in [5.41, 5.74) is 6.13. The van der Waals surface area contributed by atoms with Crippen molar-refractivity contribution in [3.8, 4) is 5.75 Å². The lowest BCUT2D eigenvalue weighted by Crippen LogP contribution is -2.25. The van der Waals surface area contributed by atoms with Crippen molar-refractivity contribution in [3.05, 3.63) is 29.8 Å². The quantitative estimate of drug-likeness (QED) is 0.713. The van der Waals surface area contributed by atoms with Crippen LogP contribution in [0.25, 0.3) is 0 Å². The molecule has 100 valence electrons. The van der Waals surface area contributed by atoms with Crippen LogP contribution in [0.1, 0.15) is 12.5 Å². The van der Waals surface area contributed by atoms with Gasteiger partial charge in [0.2, 0.25) is 0 Å². The first kappa shape index (κ1) is 14.5. The first-order chi connectivity index (χ1) is 8.61. The van der Waals surface area contributed by atoms with Gasteiger partial charge in [0.25, 0.3) is 5.91 Å². The maximum absolute atomic E-state index is 10.5. The molecule has 0 radical (unpaired) electrons. The van der Waals surface area contributed by atoms with E-state index in [1.165, 1.54) is 0 Å². The molecule has 0 aromatic heterocycles. The first-order valence-corrected chi connectivity index (χ1v) is 5.85. The van der Waals surface area contributed by atoms with Crippen molar-refractivity contribution >= 4 is 5.91 Å². The van der Waals surface area contributed by atoms with Crippen molar-refractivity contribution in [1.82, 2.24) is 5.32 Å². The second-order valence-electron chi connectivity index (χ2n) is 4.08. The van der Waals surface area contributed by atoms with E-state index in [-0.39, 0.29) is 12.7 Å². The molecule has 3 N–H and O–H groups in total. The van der Waals surface area contributed by atoms with Crippen molar-refractivity contribution in [2.24, 2.45) is 5.73 Å². The Labute approximate surface area is 107 Å². The molecule has 1 aromatic rings. The number of carbonyl (C=O) groups excluding carboxylic acids is 1. The Morgan fingerprint density at radius 3 is 2.61 bits per heavy atom. The average Bonchev–Trinajstić information content (AvgIpc) is 2.37. The number of primary amides is 1. The Morgan fingerprint density at radius 2 is 2.06 bits per heavy atom. The Kier molecular flexibility index (Phi) is 6.18. The van der Waals surface area contributed by atoms with E-state index in [0.717, 1.165) is 18.7 Å². The summed E-state index contributed by atoms with van der Waals surface area (Å²) in [6.45, 7) is 3.48. The van der Waals surface area contributed by atoms with E-state index in [1.807, 2.05) is 31.2 Å². The molecule has 5 heteroatoms. The fourth-order valence-corrected chi connectivity index (χ4v) is 1.36. The minimum atomic E-state index is -0.478. The van der Waals surface area contributed by atoms with E-state index in [9.17, 15) is 4.79 Å². The normalized spacial score (nSPS) is 12.1. The summed E-state index contributed by atoms with van der Waals surface area (Å²) < 4.78 is 10.3. The van der Waals surface area contributed by atoms with E-state index in [0.29, 0.717) is 5.75 Å². The van der Waals surface area contributed by atoms with Crippen LogP contribution < -0.4 is 15.8 Å². The van der Waals surface area contributed by atoms with Gasteiger partial charge in [0.15, 0.2) is 6.61 Å². The summed E-state index contributed by atoms with van der Waals surface area (Å²) in [5, 5.41) is 3.28. The smallest absolute Gasteiger partial charge is 0.255 e. The third kappa shape index (κ3) is 5.65. The molecular weight excluding hydrogens is 232 g/mol. The second-order valence-corrected chi connectivity index (χ2v) is 4.08. The largest absolute Gasteiger partial charge is 0.484 e. The van der Waals surface area contributed by atoms with Crippen LogP contribution in [-0.2, 0) is 16.1 Å². The molecule has 0 heterocycles. The van der Waals surface area contributed by atoms with Gasteiger partial charge in [-0.05, 0) is 24.6 Å². The molecule has 0 aliphatic rings. The highest BCUT2D eigenvalue weighted by atomic mass is 16.5. The van der Waals surface area contributed by atoms with Crippen LogP contribution in [0.2, 0.25) is 0 Å². The molecule has 0 fully saturated rings. The third-order valence-corrected chi connectivity index (χ3v) is 2.47. The molecule has 1 aromatic carbocycles. The fraction of sp³-hybridized carbons (Fsp3) is 0.462. The van der Waals surface area contributed by atoms with E-state index < -0.39 is 5.91 Å². The molecule has 0 aliphatic heterocycles. The minimum absolute atomic E-state index is 0.0943. The van der Waals surface area contributed by atoms with Crippen molar-refractivity contribution in [2.75, 3.05) is 20.3 Å². The predicted molar refractivity (Wildman–Crippen MR) is 69.3 cm³/mol. The Hall–Kier alpha value is -1.59. The zero-order chi connectivity index (χ0) is 13.4. The van der Waals surface area contributed by atoms with E-state index >= 15 is 0 Å². The van der Waals surface area contributed by atoms with Crippen molar-refractivity contribution in [2.45, 2.75) is 19.6 Å². The van der Waals surface area contributed by atoms with Gasteiger partial charge < -0.3 is 20.5 Å². The van der Waals surface area contributed by atoms with Crippen LogP contribution in [0.3, 0.4) is 0 Å². The first-order valence-electron chi connectivity index (χ1n) is 5.85. The molecule has 1 amide bonds. The molecule has 0 bridgehead atoms. The molecule has 18 heavy (non-hydrogen) atoms. The lowest BCUT2D eigenvalue weighted by molar-refractivity contribution is -0.119. The summed E-state index contributed by atoms with van der Waals surface area (Å²) >= 11 is 0. The molecule has 0 spiro atoms. The van der Waals surface area contributed by atoms with Crippen LogP contribution in [0.15, 0.2) is 24.3 Å². The number of methoxy groups -OCH3 is 1. The maximum Gasteiger partial charge on any atom is 0.255 e. The summed E-state index contributed by atoms with van der Waals surface area (Å²) in [5.74, 6) is 0.164. The second kappa shape index (κ2) is 7.68. The fourth-order valence-electron chi connectivity index (χ4n) is 1.36. The Balaban J connectivity index is 2.33. The Bertz CT molecular complexity index is 365. The zero-order valence-corrected chi connectivity index (χ0v) is 10.8. The number of ether oxygens (including phenoxy) is 2. The van der Waals surface area contributed by atoms with Crippen LogP contribution in [0.4, 0.5) is 0 Å². The standard InChI is InChI=1S/C13H20N2O3/c1-10(17-2)7-15-8-11-3-5-12(6-4-11)18-9-13(14)16/h3-6,10,15H,7-9H2,1-2H3,(H2,14,16). The van der Waals surface area contributed by atoms with Crippen molar-refractivity contribution in [1.29, 1.82) is 0 Å². The number of nitrogens with one attached hydrogen (secondary N) is 1. The number of nitrogens with two attached hydrogens (primary N) is 1. The van der Waals surface area contributed by atoms with Crippen LogP contribution in [-0.4, -0.2) is 32.3 Å². The van der Waals surface area contributed by atoms with Gasteiger partial charge in [-0.2, -0.15) is 0 Å². The van der Waals surface area contributed by atoms with Gasteiger partial charge in [0.05, 0.1) is 6.10 Å². The van der Waals surface area contributed by atoms with Crippen LogP contribution in [0, 0.1) is 0 Å². The van der Waals surface area contributed by atoms with Gasteiger partial charge in [0, 0.05) is 20.2 Å². The predicted octanol–water partition coefficient (Wildman–Crippen LogP) is 0.675. The van der Waals surface area contributed by atoms with Gasteiger partial charge in [-0.25, -0.2) is 0 Å². The monoisotopic (exact) mass is 252 g/mol. The van der Waals surface area contributed by atoms with E-state index in [2.05, 4.69) is 5.32 Å². The van der Waals surface area contributed by atoms with Gasteiger partial charge in [-0.3, -0.25) is 4.79 Å². The molecule has 0 saturated heterocycles. The summed E-state index contributed by atoms with van der Waals surface area (Å²) in [7, 11) is 1.69. The molecule has 5 nitrogen and oxygen atoms in total. The van der Waals surface area contributed by atoms with Gasteiger partial charge in [-0.15, -0.1) is 0 Å². The average molecular weight is 252 g/mol. The summed E-state index contributed by atoms with van der Waals surface area (Å²) in [6.07, 6.45) is 0.197. The van der Waals surface area contributed by atoms with Crippen LogP contribution in [0.5, 0.6) is 5.75 Å². The molecule has 1 atom stereocenters. The molecule has 1 unspecified atom stereocenters. The highest BCUT2D eigenvalue weighted by Crippen LogP contribution is 2.11. The van der Waals surface area contributed by atoms with Crippen molar-refractivity contribution < 1.29 is 14.3 Å². The lowest BCUT2D eigenvalue weighted by Gasteiger charge is -2.11. The Morgan fingerprint density at radius 1 is 1.39 bits per heavy atom. The number of hydrogen-bond acceptors (Lipinski definition) is 4. The number of benzene rings is 1. The highest BCUT2D eigenvalue weighted by Gasteiger charge is 2.00. The number of amides is 1. The minimum Gasteiger partial charge on any atom is -0.484 e. The van der Waals surface area contributed by atoms with E-state index in [4.69, 9.17) is 15.2 Å². The zero-order valence-electron chi connectivity index (χ0n) is 10.8. The van der Waals surface area contributed by atoms with Gasteiger partial charge in [0.1, 0.15) is 5.75 Å². The van der Waals surface area contributed by atoms with Crippen molar-refractivity contribution in [3.63, 3.8) is 0 Å². The number of rotatable bonds is 8. The number of hydrogen-bond donors (Lipinski definition) is 2. The SMILES string of the molecule is COC(C)CNCc1ccc(OCC(N)=O)cc1. The van der Waals surface area contributed by atoms with Gasteiger partial charge in [-0.1, -0.05) is 12.1 Å². The topological polar surface area (TPSA) is 73.6 Å². The van der Waals surface area contributed by atoms with Crippen LogP contribution >= 0.6 is 0 Å². The lowest BCUT2D eigenvalue weighted by atomic mass is 10.2. The van der Waals surface area contributed by atoms with Gasteiger partial charge >= 0.3 is 0 Å². The van der Waals surface area contributed by atoms with E-state index in [1.54, 1.807) is 7.11 Å². The molecular formula is C13H20N2O3. The summed E-state index contributed by atoms with van der Waals surface area (Å²) in [6, 6.07) is 7.53. The molecule has 1 rings (SSSR count). The summed E-state index contributed by atoms with van der Waals surface area (Å²) in [4.78, 5) is 10.5.